The molecule has 4 nitrogen and oxygen atoms in total. The van der Waals surface area contributed by atoms with Crippen molar-refractivity contribution in [3.05, 3.63) is 108 Å². The number of benzene rings is 2. The van der Waals surface area contributed by atoms with Crippen LogP contribution in [-0.4, -0.2) is 28.2 Å². The second-order valence-corrected chi connectivity index (χ2v) is 25.1. The van der Waals surface area contributed by atoms with Gasteiger partial charge in [0.2, 0.25) is 5.71 Å². The van der Waals surface area contributed by atoms with E-state index in [4.69, 9.17) is 9.40 Å². The number of pyridine rings is 3. The third-order valence-corrected chi connectivity index (χ3v) is 12.8. The van der Waals surface area contributed by atoms with Gasteiger partial charge in [0.05, 0.1) is 5.58 Å². The first-order valence-electron chi connectivity index (χ1n) is 16.5. The van der Waals surface area contributed by atoms with Gasteiger partial charge in [-0.1, -0.05) is 36.4 Å². The first-order chi connectivity index (χ1) is 21.9. The molecule has 2 aromatic carbocycles. The molecule has 247 valence electrons. The second-order valence-electron chi connectivity index (χ2n) is 14.5. The zero-order valence-electron chi connectivity index (χ0n) is 29.3. The largest absolute Gasteiger partial charge is 0.486 e. The molecule has 47 heavy (non-hydrogen) atoms. The minimum Gasteiger partial charge on any atom is -0.486 e. The Balaban J connectivity index is 0.000000212. The Labute approximate surface area is 297 Å². The Morgan fingerprint density at radius 2 is 1.62 bits per heavy atom. The maximum atomic E-state index is 6.09. The Morgan fingerprint density at radius 3 is 2.28 bits per heavy atom. The van der Waals surface area contributed by atoms with Crippen molar-refractivity contribution in [2.45, 2.75) is 84.0 Å². The number of aromatic nitrogens is 3. The van der Waals surface area contributed by atoms with E-state index in [1.165, 1.54) is 15.5 Å². The summed E-state index contributed by atoms with van der Waals surface area (Å²) in [5.74, 6) is 7.88. The maximum absolute atomic E-state index is 6.09. The fourth-order valence-corrected chi connectivity index (χ4v) is 9.40. The molecular formula is C41H47GeIrN3O-2. The summed E-state index contributed by atoms with van der Waals surface area (Å²) in [5.41, 5.74) is 9.48. The number of nitrogens with zero attached hydrogens (tertiary/aromatic N) is 3. The number of hydrogen-bond donors (Lipinski definition) is 0. The van der Waals surface area contributed by atoms with E-state index in [9.17, 15) is 0 Å². The van der Waals surface area contributed by atoms with Crippen LogP contribution in [0.5, 0.6) is 0 Å². The quantitative estimate of drug-likeness (QED) is 0.119. The average Bonchev–Trinajstić information content (AvgIpc) is 3.39. The molecule has 6 heteroatoms. The fraction of sp³-hybridized carbons (Fsp3) is 0.341. The standard InChI is InChI=1S/C22H21N2O.C19H26GeN.Ir/c1-4-15(5-2)16-11-12-23-20(13-16)19-8-6-7-17-18-10-9-14(3)24-22(18)25-21(17)19;1-19(2,3)13-16-12-18(15-10-8-7-9-11-15)21-14-17(16)20(4,5)6;/h6-7,9-13,15H,4-5H2,1-3H3;7-10,12,14H,13H2,1-6H3;/q2*-1;. The van der Waals surface area contributed by atoms with Crippen molar-refractivity contribution in [1.82, 2.24) is 15.0 Å². The van der Waals surface area contributed by atoms with Crippen molar-refractivity contribution >= 4 is 39.7 Å². The van der Waals surface area contributed by atoms with Gasteiger partial charge >= 0.3 is 132 Å². The number of rotatable bonds is 7. The van der Waals surface area contributed by atoms with Gasteiger partial charge in [0, 0.05) is 37.4 Å². The molecule has 6 aromatic rings. The van der Waals surface area contributed by atoms with Crippen LogP contribution in [0.25, 0.3) is 44.6 Å². The Bertz CT molecular complexity index is 1930. The van der Waals surface area contributed by atoms with Crippen molar-refractivity contribution in [2.24, 2.45) is 5.41 Å². The first kappa shape index (κ1) is 36.7. The molecule has 0 aliphatic heterocycles. The molecule has 0 saturated heterocycles. The third kappa shape index (κ3) is 8.87. The predicted molar refractivity (Wildman–Crippen MR) is 196 cm³/mol. The summed E-state index contributed by atoms with van der Waals surface area (Å²) < 4.78 is 7.62. The zero-order chi connectivity index (χ0) is 33.1. The molecule has 6 rings (SSSR count). The van der Waals surface area contributed by atoms with Crippen molar-refractivity contribution < 1.29 is 24.5 Å². The van der Waals surface area contributed by atoms with Gasteiger partial charge in [-0.25, -0.2) is 4.98 Å². The molecule has 1 radical (unpaired) electrons. The van der Waals surface area contributed by atoms with Crippen LogP contribution in [0.4, 0.5) is 0 Å². The normalized spacial score (nSPS) is 11.8. The molecule has 0 saturated carbocycles. The fourth-order valence-electron chi connectivity index (χ4n) is 6.09. The van der Waals surface area contributed by atoms with E-state index in [-0.39, 0.29) is 20.1 Å². The van der Waals surface area contributed by atoms with E-state index < -0.39 is 13.3 Å². The topological polar surface area (TPSA) is 51.8 Å². The van der Waals surface area contributed by atoms with Crippen LogP contribution in [0, 0.1) is 24.5 Å². The number of aryl methyl sites for hydroxylation is 1. The summed E-state index contributed by atoms with van der Waals surface area (Å²) in [5, 5.41) is 2.10. The van der Waals surface area contributed by atoms with Crippen LogP contribution < -0.4 is 4.40 Å². The van der Waals surface area contributed by atoms with Crippen molar-refractivity contribution in [1.29, 1.82) is 0 Å². The van der Waals surface area contributed by atoms with E-state index in [0.717, 1.165) is 63.8 Å². The average molecular weight is 863 g/mol. The first-order valence-corrected chi connectivity index (χ1v) is 23.9. The van der Waals surface area contributed by atoms with Gasteiger partial charge < -0.3 is 9.40 Å². The molecule has 0 fully saturated rings. The molecule has 0 N–H and O–H groups in total. The maximum Gasteiger partial charge on any atom is 0.216 e. The van der Waals surface area contributed by atoms with Gasteiger partial charge in [-0.15, -0.1) is 18.2 Å². The Morgan fingerprint density at radius 1 is 0.851 bits per heavy atom. The summed E-state index contributed by atoms with van der Waals surface area (Å²) in [6.07, 6.45) is 7.38. The summed E-state index contributed by atoms with van der Waals surface area (Å²) in [6, 6.07) is 29.3. The minimum absolute atomic E-state index is 0. The molecule has 0 aliphatic carbocycles. The predicted octanol–water partition coefficient (Wildman–Crippen LogP) is 10.7. The van der Waals surface area contributed by atoms with E-state index in [1.807, 2.05) is 49.5 Å². The Kier molecular flexibility index (Phi) is 12.0. The van der Waals surface area contributed by atoms with Crippen LogP contribution in [0.2, 0.25) is 17.3 Å². The van der Waals surface area contributed by atoms with Crippen LogP contribution in [0.1, 0.15) is 70.2 Å². The summed E-state index contributed by atoms with van der Waals surface area (Å²) in [4.78, 5) is 13.8. The molecule has 0 spiro atoms. The van der Waals surface area contributed by atoms with Gasteiger partial charge in [-0.2, -0.15) is 0 Å². The molecule has 0 bridgehead atoms. The number of fused-ring (bicyclic) bond motifs is 3. The van der Waals surface area contributed by atoms with Crippen LogP contribution in [-0.2, 0) is 26.5 Å². The van der Waals surface area contributed by atoms with Gasteiger partial charge in [0.15, 0.2) is 0 Å². The van der Waals surface area contributed by atoms with Crippen LogP contribution in [0.3, 0.4) is 0 Å². The molecule has 0 atom stereocenters. The second kappa shape index (κ2) is 15.4. The van der Waals surface area contributed by atoms with Gasteiger partial charge in [0.1, 0.15) is 0 Å². The monoisotopic (exact) mass is 864 g/mol. The summed E-state index contributed by atoms with van der Waals surface area (Å²) >= 11 is -1.90. The molecule has 0 aliphatic rings. The zero-order valence-corrected chi connectivity index (χ0v) is 33.8. The minimum atomic E-state index is -1.90. The SMILES string of the molecule is CC(C)(C)Cc1cc(-c2[c-]cccc2)nc[c]1[Ge]([CH3])([CH3])[CH3].CCC(CC)c1ccnc(-c2[c-]ccc3c2oc2nc(C)ccc23)c1.[Ir]. The number of furan rings is 1. The molecular weight excluding hydrogens is 815 g/mol. The Hall–Kier alpha value is -3.12. The van der Waals surface area contributed by atoms with Crippen LogP contribution in [0.15, 0.2) is 83.5 Å². The molecule has 0 unspecified atom stereocenters. The molecule has 4 heterocycles. The van der Waals surface area contributed by atoms with Crippen molar-refractivity contribution in [3.63, 3.8) is 0 Å². The smallest absolute Gasteiger partial charge is 0.216 e. The van der Waals surface area contributed by atoms with E-state index in [2.05, 4.69) is 111 Å². The van der Waals surface area contributed by atoms with E-state index in [1.54, 1.807) is 0 Å². The van der Waals surface area contributed by atoms with E-state index in [0.29, 0.717) is 17.0 Å². The van der Waals surface area contributed by atoms with Gasteiger partial charge in [0.25, 0.3) is 0 Å². The van der Waals surface area contributed by atoms with Crippen molar-refractivity contribution in [2.75, 3.05) is 0 Å². The van der Waals surface area contributed by atoms with Crippen LogP contribution >= 0.6 is 0 Å². The summed E-state index contributed by atoms with van der Waals surface area (Å²) in [7, 11) is 0. The number of hydrogen-bond acceptors (Lipinski definition) is 4. The summed E-state index contributed by atoms with van der Waals surface area (Å²) in [6.45, 7) is 13.4. The van der Waals surface area contributed by atoms with Crippen molar-refractivity contribution in [3.8, 4) is 22.5 Å². The third-order valence-electron chi connectivity index (χ3n) is 8.44. The molecule has 0 amide bonds. The van der Waals surface area contributed by atoms with E-state index >= 15 is 0 Å². The van der Waals surface area contributed by atoms with Gasteiger partial charge in [-0.05, 0) is 49.6 Å². The van der Waals surface area contributed by atoms with Gasteiger partial charge in [-0.3, -0.25) is 0 Å². The molecule has 4 aromatic heterocycles.